The summed E-state index contributed by atoms with van der Waals surface area (Å²) in [6.45, 7) is 0. The standard InChI is InChI=1S/C54H34N4/c1-3-15-35(16-4-1)55-47-23-11-9-21-41(47)45-34-52-46(33-51(45)55)42-22-10-12-24-48(42)56(52)37-27-29-38(30-28-37)58-50-26-14-8-20-40(50)44-32-31-43-39-19-7-13-25-49(39)57(53(43)54(44)58)36-17-5-2-6-18-36/h1-34H. The molecule has 13 aromatic rings. The van der Waals surface area contributed by atoms with Gasteiger partial charge < -0.3 is 18.3 Å². The largest absolute Gasteiger partial charge is 0.309 e. The van der Waals surface area contributed by atoms with Gasteiger partial charge in [-0.1, -0.05) is 121 Å². The van der Waals surface area contributed by atoms with Crippen LogP contribution in [0.5, 0.6) is 0 Å². The fraction of sp³-hybridized carbons (Fsp3) is 0. The van der Waals surface area contributed by atoms with Crippen molar-refractivity contribution in [2.75, 3.05) is 0 Å². The lowest BCUT2D eigenvalue weighted by Crippen LogP contribution is -1.99. The Labute approximate surface area is 333 Å². The summed E-state index contributed by atoms with van der Waals surface area (Å²) in [4.78, 5) is 0. The molecule has 0 fully saturated rings. The Morgan fingerprint density at radius 3 is 0.897 bits per heavy atom. The highest BCUT2D eigenvalue weighted by Crippen LogP contribution is 2.43. The van der Waals surface area contributed by atoms with Crippen molar-refractivity contribution in [1.29, 1.82) is 0 Å². The molecule has 0 aliphatic rings. The SMILES string of the molecule is c1ccc(-n2c3ccccc3c3cc4c(cc32)c2ccccc2n4-c2ccc(-n3c4ccccc4c4ccc5c6ccccc6n(-c6ccccc6)c5c43)cc2)cc1. The molecule has 4 heteroatoms. The van der Waals surface area contributed by atoms with Crippen LogP contribution in [0, 0.1) is 0 Å². The predicted molar refractivity (Wildman–Crippen MR) is 244 cm³/mol. The summed E-state index contributed by atoms with van der Waals surface area (Å²) in [6.07, 6.45) is 0. The Hall–Kier alpha value is -7.82. The average molecular weight is 739 g/mol. The number of nitrogens with zero attached hydrogens (tertiary/aromatic N) is 4. The lowest BCUT2D eigenvalue weighted by Gasteiger charge is -2.14. The number of para-hydroxylation sites is 6. The summed E-state index contributed by atoms with van der Waals surface area (Å²) in [5.41, 5.74) is 14.2. The monoisotopic (exact) mass is 738 g/mol. The summed E-state index contributed by atoms with van der Waals surface area (Å²) >= 11 is 0. The molecule has 0 aliphatic carbocycles. The average Bonchev–Trinajstić information content (AvgIpc) is 4.01. The minimum absolute atomic E-state index is 1.13. The van der Waals surface area contributed by atoms with E-state index in [-0.39, 0.29) is 0 Å². The van der Waals surface area contributed by atoms with Crippen molar-refractivity contribution in [2.45, 2.75) is 0 Å². The molecule has 0 spiro atoms. The first kappa shape index (κ1) is 31.4. The van der Waals surface area contributed by atoms with Gasteiger partial charge in [0.15, 0.2) is 0 Å². The quantitative estimate of drug-likeness (QED) is 0.171. The third-order valence-corrected chi connectivity index (χ3v) is 12.3. The molecule has 13 rings (SSSR count). The van der Waals surface area contributed by atoms with E-state index in [1.165, 1.54) is 92.9 Å². The van der Waals surface area contributed by atoms with E-state index in [4.69, 9.17) is 0 Å². The normalized spacial score (nSPS) is 12.1. The van der Waals surface area contributed by atoms with E-state index in [2.05, 4.69) is 225 Å². The van der Waals surface area contributed by atoms with Gasteiger partial charge in [-0.2, -0.15) is 0 Å². The van der Waals surface area contributed by atoms with Gasteiger partial charge in [-0.05, 0) is 84.9 Å². The Balaban J connectivity index is 1.07. The highest BCUT2D eigenvalue weighted by atomic mass is 15.0. The van der Waals surface area contributed by atoms with Gasteiger partial charge >= 0.3 is 0 Å². The Morgan fingerprint density at radius 2 is 0.483 bits per heavy atom. The van der Waals surface area contributed by atoms with E-state index in [1.54, 1.807) is 0 Å². The lowest BCUT2D eigenvalue weighted by atomic mass is 10.1. The number of fused-ring (bicyclic) bond motifs is 13. The number of hydrogen-bond acceptors (Lipinski definition) is 0. The van der Waals surface area contributed by atoms with Crippen LogP contribution in [-0.4, -0.2) is 18.3 Å². The zero-order valence-corrected chi connectivity index (χ0v) is 31.4. The molecule has 270 valence electrons. The first-order chi connectivity index (χ1) is 28.8. The highest BCUT2D eigenvalue weighted by molar-refractivity contribution is 6.24. The van der Waals surface area contributed by atoms with Crippen LogP contribution in [0.2, 0.25) is 0 Å². The first-order valence-corrected chi connectivity index (χ1v) is 20.0. The van der Waals surface area contributed by atoms with Crippen LogP contribution < -0.4 is 0 Å². The second kappa shape index (κ2) is 11.8. The molecule has 0 radical (unpaired) electrons. The van der Waals surface area contributed by atoms with Gasteiger partial charge in [0.25, 0.3) is 0 Å². The van der Waals surface area contributed by atoms with Crippen molar-refractivity contribution in [1.82, 2.24) is 18.3 Å². The third-order valence-electron chi connectivity index (χ3n) is 12.3. The molecule has 0 N–H and O–H groups in total. The number of rotatable bonds is 4. The van der Waals surface area contributed by atoms with Gasteiger partial charge in [-0.15, -0.1) is 0 Å². The van der Waals surface area contributed by atoms with Gasteiger partial charge in [0.2, 0.25) is 0 Å². The van der Waals surface area contributed by atoms with Crippen molar-refractivity contribution < 1.29 is 0 Å². The maximum absolute atomic E-state index is 2.48. The maximum atomic E-state index is 2.48. The zero-order chi connectivity index (χ0) is 37.9. The molecular formula is C54H34N4. The molecule has 4 nitrogen and oxygen atoms in total. The van der Waals surface area contributed by atoms with Gasteiger partial charge in [0.1, 0.15) is 0 Å². The van der Waals surface area contributed by atoms with E-state index in [0.29, 0.717) is 0 Å². The minimum atomic E-state index is 1.13. The molecule has 0 unspecified atom stereocenters. The summed E-state index contributed by atoms with van der Waals surface area (Å²) < 4.78 is 9.78. The minimum Gasteiger partial charge on any atom is -0.309 e. The van der Waals surface area contributed by atoms with Crippen molar-refractivity contribution in [3.63, 3.8) is 0 Å². The van der Waals surface area contributed by atoms with E-state index >= 15 is 0 Å². The Morgan fingerprint density at radius 1 is 0.190 bits per heavy atom. The molecular weight excluding hydrogens is 705 g/mol. The highest BCUT2D eigenvalue weighted by Gasteiger charge is 2.22. The van der Waals surface area contributed by atoms with E-state index in [1.807, 2.05) is 0 Å². The molecule has 4 heterocycles. The van der Waals surface area contributed by atoms with E-state index in [9.17, 15) is 0 Å². The summed E-state index contributed by atoms with van der Waals surface area (Å²) in [5, 5.41) is 9.97. The second-order valence-corrected chi connectivity index (χ2v) is 15.3. The summed E-state index contributed by atoms with van der Waals surface area (Å²) in [5.74, 6) is 0. The van der Waals surface area contributed by atoms with Crippen LogP contribution in [0.1, 0.15) is 0 Å². The van der Waals surface area contributed by atoms with Gasteiger partial charge in [0.05, 0.1) is 44.1 Å². The van der Waals surface area contributed by atoms with Crippen LogP contribution in [0.25, 0.3) is 110 Å². The fourth-order valence-corrected chi connectivity index (χ4v) is 9.93. The fourth-order valence-electron chi connectivity index (χ4n) is 9.93. The van der Waals surface area contributed by atoms with E-state index < -0.39 is 0 Å². The first-order valence-electron chi connectivity index (χ1n) is 20.0. The Kier molecular flexibility index (Phi) is 6.41. The van der Waals surface area contributed by atoms with Crippen LogP contribution in [0.15, 0.2) is 206 Å². The van der Waals surface area contributed by atoms with Crippen LogP contribution in [0.4, 0.5) is 0 Å². The van der Waals surface area contributed by atoms with Crippen molar-refractivity contribution in [3.05, 3.63) is 206 Å². The zero-order valence-electron chi connectivity index (χ0n) is 31.4. The summed E-state index contributed by atoms with van der Waals surface area (Å²) in [7, 11) is 0. The third kappa shape index (κ3) is 4.23. The van der Waals surface area contributed by atoms with Crippen LogP contribution in [-0.2, 0) is 0 Å². The number of aromatic nitrogens is 4. The number of benzene rings is 9. The molecule has 0 bridgehead atoms. The topological polar surface area (TPSA) is 19.7 Å². The maximum Gasteiger partial charge on any atom is 0.0788 e. The predicted octanol–water partition coefficient (Wildman–Crippen LogP) is 14.1. The lowest BCUT2D eigenvalue weighted by molar-refractivity contribution is 1.13. The Bertz CT molecular complexity index is 3770. The van der Waals surface area contributed by atoms with Crippen molar-refractivity contribution in [3.8, 4) is 22.7 Å². The molecule has 0 aliphatic heterocycles. The van der Waals surface area contributed by atoms with Crippen LogP contribution >= 0.6 is 0 Å². The van der Waals surface area contributed by atoms with Crippen molar-refractivity contribution >= 4 is 87.2 Å². The van der Waals surface area contributed by atoms with E-state index in [0.717, 1.165) is 17.1 Å². The molecule has 0 saturated carbocycles. The molecule has 4 aromatic heterocycles. The van der Waals surface area contributed by atoms with Gasteiger partial charge in [0, 0.05) is 65.8 Å². The molecule has 0 amide bonds. The van der Waals surface area contributed by atoms with Gasteiger partial charge in [-0.3, -0.25) is 0 Å². The van der Waals surface area contributed by atoms with Crippen molar-refractivity contribution in [2.24, 2.45) is 0 Å². The molecule has 0 saturated heterocycles. The summed E-state index contributed by atoms with van der Waals surface area (Å²) in [6, 6.07) is 75.4. The smallest absolute Gasteiger partial charge is 0.0788 e. The molecule has 58 heavy (non-hydrogen) atoms. The second-order valence-electron chi connectivity index (χ2n) is 15.3. The number of hydrogen-bond donors (Lipinski definition) is 0. The van der Waals surface area contributed by atoms with Gasteiger partial charge in [-0.25, -0.2) is 0 Å². The van der Waals surface area contributed by atoms with Crippen LogP contribution in [0.3, 0.4) is 0 Å². The molecule has 0 atom stereocenters. The molecule has 9 aromatic carbocycles.